The summed E-state index contributed by atoms with van der Waals surface area (Å²) in [6, 6.07) is 59.3. The molecule has 0 amide bonds. The first-order valence-electron chi connectivity index (χ1n) is 22.2. The highest BCUT2D eigenvalue weighted by atomic mass is 16.3. The summed E-state index contributed by atoms with van der Waals surface area (Å²) >= 11 is 0. The first kappa shape index (κ1) is 38.4. The molecular weight excluding hydrogens is 751 g/mol. The Hall–Kier alpha value is -6.52. The molecular formula is C58H53BN2O. The van der Waals surface area contributed by atoms with E-state index in [2.05, 4.69) is 224 Å². The Morgan fingerprint density at radius 1 is 0.419 bits per heavy atom. The molecule has 3 heterocycles. The SMILES string of the molecule is CC(C)(C)c1ccc2c(c1)N(c1ccc(-c3cccc4c3oc3ccccc34)cc1)c1cc(C(C)(C)C)cc3c1B2c1ccc(C(C)(C)C)cc1N3c1cccc2ccccc12. The second-order valence-corrected chi connectivity index (χ2v) is 20.7. The fourth-order valence-electron chi connectivity index (χ4n) is 10.1. The van der Waals surface area contributed by atoms with Gasteiger partial charge in [-0.05, 0) is 109 Å². The molecule has 0 unspecified atom stereocenters. The van der Waals surface area contributed by atoms with E-state index in [0.29, 0.717) is 0 Å². The number of fused-ring (bicyclic) bond motifs is 8. The van der Waals surface area contributed by atoms with Crippen molar-refractivity contribution in [2.24, 2.45) is 0 Å². The zero-order chi connectivity index (χ0) is 42.9. The second-order valence-electron chi connectivity index (χ2n) is 20.7. The van der Waals surface area contributed by atoms with Crippen molar-refractivity contribution in [1.29, 1.82) is 0 Å². The van der Waals surface area contributed by atoms with Crippen LogP contribution in [0.4, 0.5) is 34.1 Å². The lowest BCUT2D eigenvalue weighted by atomic mass is 9.33. The third-order valence-corrected chi connectivity index (χ3v) is 13.5. The maximum atomic E-state index is 6.52. The number of hydrogen-bond donors (Lipinski definition) is 0. The Morgan fingerprint density at radius 3 is 1.61 bits per heavy atom. The van der Waals surface area contributed by atoms with E-state index in [0.717, 1.165) is 38.8 Å². The lowest BCUT2D eigenvalue weighted by molar-refractivity contribution is 0.590. The lowest BCUT2D eigenvalue weighted by Gasteiger charge is -2.46. The molecule has 0 atom stereocenters. The number of rotatable bonds is 3. The molecule has 2 aliphatic heterocycles. The highest BCUT2D eigenvalue weighted by Crippen LogP contribution is 2.49. The van der Waals surface area contributed by atoms with Gasteiger partial charge in [-0.3, -0.25) is 0 Å². The maximum Gasteiger partial charge on any atom is 0.252 e. The van der Waals surface area contributed by atoms with Crippen molar-refractivity contribution in [3.05, 3.63) is 174 Å². The molecule has 0 N–H and O–H groups in total. The van der Waals surface area contributed by atoms with E-state index in [1.165, 1.54) is 72.3 Å². The third-order valence-electron chi connectivity index (χ3n) is 13.5. The van der Waals surface area contributed by atoms with Gasteiger partial charge in [-0.15, -0.1) is 0 Å². The van der Waals surface area contributed by atoms with E-state index in [9.17, 15) is 0 Å². The first-order chi connectivity index (χ1) is 29.6. The van der Waals surface area contributed by atoms with Crippen LogP contribution < -0.4 is 26.2 Å². The van der Waals surface area contributed by atoms with Crippen molar-refractivity contribution in [1.82, 2.24) is 0 Å². The van der Waals surface area contributed by atoms with Crippen LogP contribution in [0.1, 0.15) is 79.0 Å². The van der Waals surface area contributed by atoms with Gasteiger partial charge in [0.05, 0.1) is 5.69 Å². The van der Waals surface area contributed by atoms with Crippen LogP contribution >= 0.6 is 0 Å². The van der Waals surface area contributed by atoms with E-state index in [-0.39, 0.29) is 23.0 Å². The number of nitrogens with zero attached hydrogens (tertiary/aromatic N) is 2. The standard InChI is InChI=1S/C58H53BN2O/c1-56(2,3)38-26-30-46-49(32-38)60(41-28-24-37(25-29-41)43-20-15-21-45-44-19-12-13-23-53(44)62-55(43)45)51-34-40(58(7,8)9)35-52-54(51)59(46)47-31-27-39(57(4,5)6)33-50(47)61(52)48-22-14-17-36-16-10-11-18-42(36)48/h10-35H,1-9H3. The predicted octanol–water partition coefficient (Wildman–Crippen LogP) is 14.4. The van der Waals surface area contributed by atoms with Crippen LogP contribution in [0.2, 0.25) is 0 Å². The number of furan rings is 1. The number of para-hydroxylation sites is 2. The first-order valence-corrected chi connectivity index (χ1v) is 22.2. The minimum Gasteiger partial charge on any atom is -0.455 e. The predicted molar refractivity (Wildman–Crippen MR) is 267 cm³/mol. The van der Waals surface area contributed by atoms with Crippen LogP contribution in [0.15, 0.2) is 162 Å². The van der Waals surface area contributed by atoms with Crippen LogP contribution in [0.5, 0.6) is 0 Å². The Labute approximate surface area is 366 Å². The molecule has 0 radical (unpaired) electrons. The Balaban J connectivity index is 1.20. The van der Waals surface area contributed by atoms with Crippen LogP contribution in [0, 0.1) is 0 Å². The summed E-state index contributed by atoms with van der Waals surface area (Å²) in [7, 11) is 0. The topological polar surface area (TPSA) is 19.6 Å². The van der Waals surface area contributed by atoms with Crippen molar-refractivity contribution in [3.8, 4) is 11.1 Å². The molecule has 3 nitrogen and oxygen atoms in total. The third kappa shape index (κ3) is 5.94. The molecule has 0 bridgehead atoms. The molecule has 0 saturated heterocycles. The molecule has 2 aliphatic rings. The minimum atomic E-state index is -0.118. The average molecular weight is 805 g/mol. The van der Waals surface area contributed by atoms with Gasteiger partial charge in [0.2, 0.25) is 0 Å². The van der Waals surface area contributed by atoms with Crippen molar-refractivity contribution in [2.75, 3.05) is 9.80 Å². The summed E-state index contributed by atoms with van der Waals surface area (Å²) < 4.78 is 6.52. The number of anilines is 6. The molecule has 9 aromatic rings. The Bertz CT molecular complexity index is 3260. The Kier molecular flexibility index (Phi) is 8.36. The molecule has 1 aromatic heterocycles. The molecule has 0 saturated carbocycles. The van der Waals surface area contributed by atoms with Crippen LogP contribution in [-0.4, -0.2) is 6.71 Å². The molecule has 11 rings (SSSR count). The average Bonchev–Trinajstić information content (AvgIpc) is 3.64. The second kappa shape index (κ2) is 13.5. The maximum absolute atomic E-state index is 6.52. The smallest absolute Gasteiger partial charge is 0.252 e. The van der Waals surface area contributed by atoms with E-state index in [1.54, 1.807) is 0 Å². The zero-order valence-corrected chi connectivity index (χ0v) is 37.4. The molecule has 0 spiro atoms. The summed E-state index contributed by atoms with van der Waals surface area (Å²) in [5, 5.41) is 4.77. The number of hydrogen-bond acceptors (Lipinski definition) is 3. The minimum absolute atomic E-state index is 0.0247. The van der Waals surface area contributed by atoms with Gasteiger partial charge in [0.15, 0.2) is 0 Å². The van der Waals surface area contributed by atoms with Crippen molar-refractivity contribution >= 4 is 89.9 Å². The van der Waals surface area contributed by atoms with Crippen LogP contribution in [0.3, 0.4) is 0 Å². The van der Waals surface area contributed by atoms with Gasteiger partial charge in [-0.2, -0.15) is 0 Å². The highest BCUT2D eigenvalue weighted by molar-refractivity contribution is 7.00. The molecule has 62 heavy (non-hydrogen) atoms. The van der Waals surface area contributed by atoms with E-state index < -0.39 is 0 Å². The molecule has 4 heteroatoms. The van der Waals surface area contributed by atoms with Gasteiger partial charge in [0.1, 0.15) is 11.2 Å². The van der Waals surface area contributed by atoms with Gasteiger partial charge < -0.3 is 14.2 Å². The molecule has 8 aromatic carbocycles. The van der Waals surface area contributed by atoms with Crippen LogP contribution in [0.25, 0.3) is 43.8 Å². The quantitative estimate of drug-likeness (QED) is 0.166. The van der Waals surface area contributed by atoms with Gasteiger partial charge in [0, 0.05) is 50.2 Å². The van der Waals surface area contributed by atoms with Crippen LogP contribution in [-0.2, 0) is 16.2 Å². The summed E-state index contributed by atoms with van der Waals surface area (Å²) in [5.41, 5.74) is 19.2. The number of benzene rings is 8. The molecule has 0 fully saturated rings. The summed E-state index contributed by atoms with van der Waals surface area (Å²) in [5.74, 6) is 0. The Morgan fingerprint density at radius 2 is 0.952 bits per heavy atom. The monoisotopic (exact) mass is 804 g/mol. The summed E-state index contributed by atoms with van der Waals surface area (Å²) in [6.07, 6.45) is 0. The van der Waals surface area contributed by atoms with Crippen molar-refractivity contribution in [2.45, 2.75) is 78.6 Å². The van der Waals surface area contributed by atoms with E-state index >= 15 is 0 Å². The van der Waals surface area contributed by atoms with Gasteiger partial charge >= 0.3 is 0 Å². The summed E-state index contributed by atoms with van der Waals surface area (Å²) in [6.45, 7) is 21.0. The van der Waals surface area contributed by atoms with Gasteiger partial charge in [0.25, 0.3) is 6.71 Å². The van der Waals surface area contributed by atoms with Crippen molar-refractivity contribution in [3.63, 3.8) is 0 Å². The fraction of sp³-hybridized carbons (Fsp3) is 0.207. The van der Waals surface area contributed by atoms with Crippen molar-refractivity contribution < 1.29 is 4.42 Å². The normalized spacial score (nSPS) is 13.8. The molecule has 0 aliphatic carbocycles. The van der Waals surface area contributed by atoms with E-state index in [1.807, 2.05) is 6.07 Å². The lowest BCUT2D eigenvalue weighted by Crippen LogP contribution is -2.61. The highest BCUT2D eigenvalue weighted by Gasteiger charge is 2.45. The largest absolute Gasteiger partial charge is 0.455 e. The molecule has 304 valence electrons. The zero-order valence-electron chi connectivity index (χ0n) is 37.4. The van der Waals surface area contributed by atoms with E-state index in [4.69, 9.17) is 4.42 Å². The van der Waals surface area contributed by atoms with Gasteiger partial charge in [-0.1, -0.05) is 172 Å². The van der Waals surface area contributed by atoms with Gasteiger partial charge in [-0.25, -0.2) is 0 Å². The fourth-order valence-corrected chi connectivity index (χ4v) is 10.1. The summed E-state index contributed by atoms with van der Waals surface area (Å²) in [4.78, 5) is 5.16.